The Morgan fingerprint density at radius 2 is 1.25 bits per heavy atom. The maximum absolute atomic E-state index is 13.8. The number of hydrogen-bond acceptors (Lipinski definition) is 13. The van der Waals surface area contributed by atoms with Crippen LogP contribution in [0.3, 0.4) is 0 Å². The number of esters is 1. The second-order valence-corrected chi connectivity index (χ2v) is 13.2. The van der Waals surface area contributed by atoms with E-state index in [9.17, 15) is 14.5 Å². The molecule has 0 saturated heterocycles. The molecule has 5 rings (SSSR count). The van der Waals surface area contributed by atoms with E-state index < -0.39 is 32.6 Å². The fourth-order valence-electron chi connectivity index (χ4n) is 3.55. The van der Waals surface area contributed by atoms with Gasteiger partial charge in [0.1, 0.15) is 19.3 Å². The Morgan fingerprint density at radius 1 is 0.775 bits per heavy atom. The van der Waals surface area contributed by atoms with Crippen LogP contribution in [0.2, 0.25) is 0 Å². The third-order valence-electron chi connectivity index (χ3n) is 5.56. The average Bonchev–Trinajstić information content (AvgIpc) is 3.79. The first-order chi connectivity index (χ1) is 19.5. The van der Waals surface area contributed by atoms with E-state index >= 15 is 0 Å². The second-order valence-electron chi connectivity index (χ2n) is 8.44. The van der Waals surface area contributed by atoms with Crippen molar-refractivity contribution >= 4 is 59.1 Å². The smallest absolute Gasteiger partial charge is 0.475 e. The standard InChI is InChI=1S/C26H25O9PS4/c27-9-22(35-36(29,32-12-20-3-7-39-16-20)33-13-21-4-8-40-17-21)23-24(30-10-18-1-5-37-14-18)25(26(28)34-23)31-11-19-2-6-38-15-19/h1-8,14-17,22-23,27H,9-13H2. The van der Waals surface area contributed by atoms with Crippen LogP contribution in [-0.2, 0) is 63.6 Å². The molecule has 212 valence electrons. The van der Waals surface area contributed by atoms with Crippen molar-refractivity contribution in [2.45, 2.75) is 38.6 Å². The van der Waals surface area contributed by atoms with Crippen LogP contribution < -0.4 is 0 Å². The zero-order valence-electron chi connectivity index (χ0n) is 20.9. The van der Waals surface area contributed by atoms with E-state index in [1.54, 1.807) is 0 Å². The number of cyclic esters (lactones) is 1. The van der Waals surface area contributed by atoms with Gasteiger partial charge in [-0.3, -0.25) is 13.6 Å². The number of carbonyl (C=O) groups is 1. The number of carbonyl (C=O) groups excluding carboxylic acids is 1. The van der Waals surface area contributed by atoms with Crippen molar-refractivity contribution < 1.29 is 42.2 Å². The van der Waals surface area contributed by atoms with Gasteiger partial charge in [-0.15, -0.1) is 0 Å². The molecule has 1 aliphatic heterocycles. The van der Waals surface area contributed by atoms with Gasteiger partial charge in [0.25, 0.3) is 0 Å². The summed E-state index contributed by atoms with van der Waals surface area (Å²) in [4.78, 5) is 12.9. The van der Waals surface area contributed by atoms with Crippen LogP contribution in [0.5, 0.6) is 0 Å². The molecule has 0 aromatic carbocycles. The Morgan fingerprint density at radius 3 is 1.70 bits per heavy atom. The van der Waals surface area contributed by atoms with Gasteiger partial charge in [0.2, 0.25) is 5.76 Å². The minimum atomic E-state index is -4.27. The number of phosphoric ester groups is 1. The fraction of sp³-hybridized carbons (Fsp3) is 0.269. The molecule has 40 heavy (non-hydrogen) atoms. The monoisotopic (exact) mass is 640 g/mol. The highest BCUT2D eigenvalue weighted by Gasteiger charge is 2.46. The molecular formula is C26H25O9PS4. The molecule has 0 aliphatic carbocycles. The number of phosphoric acid groups is 1. The SMILES string of the molecule is O=C1OC(C(CO)OP(=O)(OCc2ccsc2)OCc2ccsc2)C(OCc2ccsc2)=C1OCc1ccsc1. The van der Waals surface area contributed by atoms with Crippen LogP contribution in [0.25, 0.3) is 0 Å². The summed E-state index contributed by atoms with van der Waals surface area (Å²) in [6.45, 7) is -0.521. The van der Waals surface area contributed by atoms with Gasteiger partial charge in [0, 0.05) is 0 Å². The highest BCUT2D eigenvalue weighted by Crippen LogP contribution is 2.53. The molecule has 14 heteroatoms. The van der Waals surface area contributed by atoms with Crippen molar-refractivity contribution in [1.29, 1.82) is 0 Å². The molecule has 9 nitrogen and oxygen atoms in total. The second kappa shape index (κ2) is 14.0. The third kappa shape index (κ3) is 7.69. The maximum atomic E-state index is 13.8. The molecule has 0 spiro atoms. The highest BCUT2D eigenvalue weighted by molar-refractivity contribution is 7.48. The van der Waals surface area contributed by atoms with Gasteiger partial charge in [0.15, 0.2) is 11.9 Å². The molecule has 1 aliphatic rings. The van der Waals surface area contributed by atoms with Gasteiger partial charge in [-0.25, -0.2) is 9.36 Å². The van der Waals surface area contributed by atoms with E-state index in [0.717, 1.165) is 22.3 Å². The van der Waals surface area contributed by atoms with E-state index in [1.165, 1.54) is 45.3 Å². The molecule has 4 aromatic rings. The Hall–Kier alpha value is -2.32. The summed E-state index contributed by atoms with van der Waals surface area (Å²) in [5.74, 6) is -0.884. The minimum absolute atomic E-state index is 0.0349. The van der Waals surface area contributed by atoms with Crippen molar-refractivity contribution in [1.82, 2.24) is 0 Å². The number of aliphatic hydroxyl groups is 1. The molecule has 0 fully saturated rings. The summed E-state index contributed by atoms with van der Waals surface area (Å²) < 4.78 is 48.3. The predicted molar refractivity (Wildman–Crippen MR) is 153 cm³/mol. The number of hydrogen-bond donors (Lipinski definition) is 1. The number of rotatable bonds is 16. The summed E-state index contributed by atoms with van der Waals surface area (Å²) >= 11 is 5.94. The summed E-state index contributed by atoms with van der Waals surface area (Å²) in [6.07, 6.45) is -2.59. The normalized spacial score (nSPS) is 16.3. The lowest BCUT2D eigenvalue weighted by Gasteiger charge is -2.26. The minimum Gasteiger partial charge on any atom is -0.485 e. The topological polar surface area (TPSA) is 110 Å². The van der Waals surface area contributed by atoms with Gasteiger partial charge in [-0.2, -0.15) is 45.3 Å². The summed E-state index contributed by atoms with van der Waals surface area (Å²) in [7, 11) is -4.27. The lowest BCUT2D eigenvalue weighted by atomic mass is 10.2. The van der Waals surface area contributed by atoms with Crippen molar-refractivity contribution in [3.8, 4) is 0 Å². The van der Waals surface area contributed by atoms with Gasteiger partial charge < -0.3 is 19.3 Å². The number of aliphatic hydroxyl groups excluding tert-OH is 1. The molecular weight excluding hydrogens is 616 g/mol. The zero-order valence-corrected chi connectivity index (χ0v) is 25.1. The molecule has 0 radical (unpaired) electrons. The van der Waals surface area contributed by atoms with Gasteiger partial charge >= 0.3 is 13.8 Å². The first kappa shape index (κ1) is 29.2. The first-order valence-corrected chi connectivity index (χ1v) is 17.2. The van der Waals surface area contributed by atoms with Gasteiger partial charge in [0.05, 0.1) is 19.8 Å². The van der Waals surface area contributed by atoms with Crippen LogP contribution in [0.15, 0.2) is 78.8 Å². The molecule has 2 atom stereocenters. The van der Waals surface area contributed by atoms with E-state index in [0.29, 0.717) is 0 Å². The van der Waals surface area contributed by atoms with Crippen LogP contribution in [0.4, 0.5) is 0 Å². The van der Waals surface area contributed by atoms with Crippen LogP contribution in [-0.4, -0.2) is 29.9 Å². The first-order valence-electron chi connectivity index (χ1n) is 12.0. The lowest BCUT2D eigenvalue weighted by molar-refractivity contribution is -0.148. The molecule has 1 N–H and O–H groups in total. The molecule has 2 unspecified atom stereocenters. The molecule has 0 saturated carbocycles. The van der Waals surface area contributed by atoms with E-state index in [4.69, 9.17) is 27.8 Å². The highest BCUT2D eigenvalue weighted by atomic mass is 32.1. The Balaban J connectivity index is 1.37. The van der Waals surface area contributed by atoms with Crippen LogP contribution in [0.1, 0.15) is 22.3 Å². The zero-order chi connectivity index (χ0) is 27.8. The Labute approximate surface area is 246 Å². The molecule has 0 amide bonds. The Bertz CT molecular complexity index is 1360. The van der Waals surface area contributed by atoms with Crippen molar-refractivity contribution in [2.24, 2.45) is 0 Å². The maximum Gasteiger partial charge on any atom is 0.475 e. The Kier molecular flexibility index (Phi) is 10.2. The summed E-state index contributed by atoms with van der Waals surface area (Å²) in [5, 5.41) is 25.4. The molecule has 4 aromatic heterocycles. The van der Waals surface area contributed by atoms with Crippen LogP contribution in [0, 0.1) is 0 Å². The quantitative estimate of drug-likeness (QED) is 0.105. The average molecular weight is 641 g/mol. The molecule has 5 heterocycles. The molecule has 0 bridgehead atoms. The van der Waals surface area contributed by atoms with Crippen molar-refractivity contribution in [3.63, 3.8) is 0 Å². The van der Waals surface area contributed by atoms with Crippen LogP contribution >= 0.6 is 53.2 Å². The van der Waals surface area contributed by atoms with E-state index in [2.05, 4.69) is 0 Å². The van der Waals surface area contributed by atoms with Gasteiger partial charge in [-0.1, -0.05) is 0 Å². The van der Waals surface area contributed by atoms with E-state index in [1.807, 2.05) is 67.3 Å². The summed E-state index contributed by atoms with van der Waals surface area (Å²) in [5.41, 5.74) is 3.31. The van der Waals surface area contributed by atoms with Crippen molar-refractivity contribution in [3.05, 3.63) is 101 Å². The summed E-state index contributed by atoms with van der Waals surface area (Å²) in [6, 6.07) is 7.41. The van der Waals surface area contributed by atoms with Gasteiger partial charge in [-0.05, 0) is 89.6 Å². The third-order valence-corrected chi connectivity index (χ3v) is 9.91. The fourth-order valence-corrected chi connectivity index (χ4v) is 7.48. The van der Waals surface area contributed by atoms with Crippen molar-refractivity contribution in [2.75, 3.05) is 6.61 Å². The van der Waals surface area contributed by atoms with E-state index in [-0.39, 0.29) is 37.9 Å². The number of ether oxygens (including phenoxy) is 3. The lowest BCUT2D eigenvalue weighted by Crippen LogP contribution is -2.35. The number of thiophene rings is 4. The largest absolute Gasteiger partial charge is 0.485 e. The predicted octanol–water partition coefficient (Wildman–Crippen LogP) is 6.72.